The first-order valence-electron chi connectivity index (χ1n) is 9.10. The molecule has 8 heteroatoms. The summed E-state index contributed by atoms with van der Waals surface area (Å²) in [4.78, 5) is 1.42. The van der Waals surface area contributed by atoms with Crippen molar-refractivity contribution in [1.82, 2.24) is 0 Å². The maximum atomic E-state index is 10.7. The third-order valence-electron chi connectivity index (χ3n) is 4.65. The fraction of sp³-hybridized carbons (Fsp3) is 0.130. The van der Waals surface area contributed by atoms with E-state index in [0.717, 1.165) is 0 Å². The Balaban J connectivity index is 0.000000293. The Labute approximate surface area is 181 Å². The average molecular weight is 465 g/mol. The Hall–Kier alpha value is -2.55. The van der Waals surface area contributed by atoms with Crippen LogP contribution in [0.1, 0.15) is 0 Å². The molecule has 0 amide bonds. The largest absolute Gasteiger partial charge is 0.741 e. The van der Waals surface area contributed by atoms with Crippen LogP contribution < -0.4 is 0 Å². The van der Waals surface area contributed by atoms with E-state index >= 15 is 0 Å². The van der Waals surface area contributed by atoms with Crippen molar-refractivity contribution in [2.75, 3.05) is 12.5 Å². The van der Waals surface area contributed by atoms with Crippen LogP contribution in [0.15, 0.2) is 83.8 Å². The molecule has 0 heterocycles. The molecule has 3 nitrogen and oxygen atoms in total. The Morgan fingerprint density at radius 1 is 0.774 bits per heavy atom. The van der Waals surface area contributed by atoms with Gasteiger partial charge in [0.15, 0.2) is 15.0 Å². The fourth-order valence-corrected chi connectivity index (χ4v) is 3.94. The molecule has 0 spiro atoms. The van der Waals surface area contributed by atoms with Gasteiger partial charge in [-0.15, -0.1) is 0 Å². The van der Waals surface area contributed by atoms with E-state index in [9.17, 15) is 13.2 Å². The molecular formula is C23H19F3O3S2. The fourth-order valence-electron chi connectivity index (χ4n) is 3.23. The van der Waals surface area contributed by atoms with Gasteiger partial charge in [-0.25, -0.2) is 8.42 Å². The van der Waals surface area contributed by atoms with Crippen LogP contribution in [0.5, 0.6) is 0 Å². The lowest BCUT2D eigenvalue weighted by Crippen LogP contribution is -2.21. The topological polar surface area (TPSA) is 57.2 Å². The molecule has 4 rings (SSSR count). The van der Waals surface area contributed by atoms with Crippen molar-refractivity contribution in [3.63, 3.8) is 0 Å². The molecule has 0 atom stereocenters. The summed E-state index contributed by atoms with van der Waals surface area (Å²) >= 11 is 0. The van der Waals surface area contributed by atoms with Crippen LogP contribution in [0, 0.1) is 0 Å². The van der Waals surface area contributed by atoms with Crippen LogP contribution in [0.4, 0.5) is 13.2 Å². The van der Waals surface area contributed by atoms with Gasteiger partial charge in [0.2, 0.25) is 0 Å². The van der Waals surface area contributed by atoms with E-state index in [4.69, 9.17) is 13.0 Å². The van der Waals surface area contributed by atoms with Gasteiger partial charge in [0.05, 0.1) is 0 Å². The SMILES string of the molecule is C[S+](C)c1cccc(-c2c3ccccc3cc3ccccc23)c1.O=S(=O)([O-])C(F)(F)F. The van der Waals surface area contributed by atoms with Gasteiger partial charge in [0, 0.05) is 17.0 Å². The second-order valence-corrected chi connectivity index (χ2v) is 10.4. The zero-order valence-corrected chi connectivity index (χ0v) is 18.3. The predicted octanol–water partition coefficient (Wildman–Crippen LogP) is 5.95. The van der Waals surface area contributed by atoms with Crippen LogP contribution >= 0.6 is 0 Å². The normalized spacial score (nSPS) is 12.1. The molecule has 4 aromatic rings. The van der Waals surface area contributed by atoms with Crippen molar-refractivity contribution in [3.8, 4) is 11.1 Å². The number of hydrogen-bond donors (Lipinski definition) is 0. The van der Waals surface area contributed by atoms with Crippen LogP contribution in [0.2, 0.25) is 0 Å². The van der Waals surface area contributed by atoms with E-state index < -0.39 is 15.6 Å². The molecule has 0 aliphatic rings. The van der Waals surface area contributed by atoms with Crippen molar-refractivity contribution >= 4 is 42.6 Å². The molecule has 0 radical (unpaired) electrons. The Morgan fingerprint density at radius 2 is 1.26 bits per heavy atom. The molecule has 0 fully saturated rings. The van der Waals surface area contributed by atoms with Crippen LogP contribution in [0.25, 0.3) is 32.7 Å². The molecule has 4 aromatic carbocycles. The summed E-state index contributed by atoms with van der Waals surface area (Å²) in [6.45, 7) is 0. The summed E-state index contributed by atoms with van der Waals surface area (Å²) in [7, 11) is -5.82. The van der Waals surface area contributed by atoms with Gasteiger partial charge in [-0.3, -0.25) is 0 Å². The first kappa shape index (κ1) is 23.1. The van der Waals surface area contributed by atoms with Gasteiger partial charge in [0.25, 0.3) is 0 Å². The van der Waals surface area contributed by atoms with Crippen molar-refractivity contribution < 1.29 is 26.1 Å². The average Bonchev–Trinajstić information content (AvgIpc) is 2.71. The first-order chi connectivity index (χ1) is 14.5. The lowest BCUT2D eigenvalue weighted by molar-refractivity contribution is -0.0517. The Bertz CT molecular complexity index is 1280. The highest BCUT2D eigenvalue weighted by Gasteiger charge is 2.36. The van der Waals surface area contributed by atoms with Crippen molar-refractivity contribution in [2.24, 2.45) is 0 Å². The Morgan fingerprint density at radius 3 is 1.71 bits per heavy atom. The second-order valence-electron chi connectivity index (χ2n) is 6.94. The number of benzene rings is 4. The molecule has 0 saturated carbocycles. The summed E-state index contributed by atoms with van der Waals surface area (Å²) in [5.41, 5.74) is -2.98. The highest BCUT2D eigenvalue weighted by molar-refractivity contribution is 7.95. The zero-order chi connectivity index (χ0) is 22.8. The number of halogens is 3. The Kier molecular flexibility index (Phi) is 6.64. The van der Waals surface area contributed by atoms with Crippen LogP contribution in [-0.2, 0) is 21.0 Å². The monoisotopic (exact) mass is 464 g/mol. The first-order valence-corrected chi connectivity index (χ1v) is 12.5. The lowest BCUT2D eigenvalue weighted by atomic mass is 9.92. The summed E-state index contributed by atoms with van der Waals surface area (Å²) in [6, 6.07) is 28.7. The predicted molar refractivity (Wildman–Crippen MR) is 120 cm³/mol. The van der Waals surface area contributed by atoms with E-state index in [1.807, 2.05) is 0 Å². The standard InChI is InChI=1S/C22H19S.CHF3O3S/c1-23(2)19-11-7-10-18(15-19)22-20-12-5-3-8-16(20)14-17-9-4-6-13-21(17)22;2-1(3,4)8(5,6)7/h3-15H,1-2H3;(H,5,6,7)/q+1;/p-1. The zero-order valence-electron chi connectivity index (χ0n) is 16.7. The molecule has 0 saturated heterocycles. The maximum Gasteiger partial charge on any atom is 0.485 e. The molecule has 0 bridgehead atoms. The number of rotatable bonds is 2. The minimum absolute atomic E-state index is 0.270. The highest BCUT2D eigenvalue weighted by Crippen LogP contribution is 2.36. The second kappa shape index (κ2) is 8.90. The molecule has 0 unspecified atom stereocenters. The van der Waals surface area contributed by atoms with Crippen LogP contribution in [-0.4, -0.2) is 31.0 Å². The van der Waals surface area contributed by atoms with Gasteiger partial charge < -0.3 is 4.55 Å². The summed E-state index contributed by atoms with van der Waals surface area (Å²) in [5.74, 6) is 0. The molecule has 0 N–H and O–H groups in total. The van der Waals surface area contributed by atoms with E-state index in [1.165, 1.54) is 37.6 Å². The van der Waals surface area contributed by atoms with Gasteiger partial charge >= 0.3 is 5.51 Å². The van der Waals surface area contributed by atoms with Gasteiger partial charge in [-0.05, 0) is 44.8 Å². The van der Waals surface area contributed by atoms with Gasteiger partial charge in [-0.2, -0.15) is 13.2 Å². The number of fused-ring (bicyclic) bond motifs is 2. The summed E-state index contributed by atoms with van der Waals surface area (Å²) in [5, 5.41) is 5.27. The minimum Gasteiger partial charge on any atom is -0.741 e. The van der Waals surface area contributed by atoms with Crippen LogP contribution in [0.3, 0.4) is 0 Å². The molecule has 0 aliphatic heterocycles. The number of alkyl halides is 3. The third kappa shape index (κ3) is 5.20. The van der Waals surface area contributed by atoms with Crippen molar-refractivity contribution in [2.45, 2.75) is 10.4 Å². The molecule has 162 valence electrons. The number of hydrogen-bond acceptors (Lipinski definition) is 3. The molecular weight excluding hydrogens is 445 g/mol. The van der Waals surface area contributed by atoms with Gasteiger partial charge in [0.1, 0.15) is 12.5 Å². The molecule has 0 aliphatic carbocycles. The van der Waals surface area contributed by atoms with E-state index in [1.54, 1.807) is 0 Å². The van der Waals surface area contributed by atoms with E-state index in [2.05, 4.69) is 91.4 Å². The molecule has 31 heavy (non-hydrogen) atoms. The lowest BCUT2D eigenvalue weighted by Gasteiger charge is -2.12. The third-order valence-corrected chi connectivity index (χ3v) is 6.41. The quantitative estimate of drug-likeness (QED) is 0.159. The van der Waals surface area contributed by atoms with Crippen molar-refractivity contribution in [1.29, 1.82) is 0 Å². The minimum atomic E-state index is -6.09. The smallest absolute Gasteiger partial charge is 0.485 e. The molecule has 0 aromatic heterocycles. The van der Waals surface area contributed by atoms with E-state index in [-0.39, 0.29) is 10.9 Å². The van der Waals surface area contributed by atoms with Gasteiger partial charge in [-0.1, -0.05) is 60.7 Å². The summed E-state index contributed by atoms with van der Waals surface area (Å²) < 4.78 is 58.9. The maximum absolute atomic E-state index is 10.7. The summed E-state index contributed by atoms with van der Waals surface area (Å²) in [6.07, 6.45) is 4.56. The highest BCUT2D eigenvalue weighted by atomic mass is 32.2. The van der Waals surface area contributed by atoms with E-state index in [0.29, 0.717) is 0 Å². The van der Waals surface area contributed by atoms with Crippen molar-refractivity contribution in [3.05, 3.63) is 78.9 Å².